The van der Waals surface area contributed by atoms with Gasteiger partial charge in [0.25, 0.3) is 5.56 Å². The summed E-state index contributed by atoms with van der Waals surface area (Å²) >= 11 is 6.14. The van der Waals surface area contributed by atoms with E-state index in [-0.39, 0.29) is 23.9 Å². The monoisotopic (exact) mass is 413 g/mol. The smallest absolute Gasteiger partial charge is 0.275 e. The van der Waals surface area contributed by atoms with Crippen molar-refractivity contribution in [2.24, 2.45) is 0 Å². The van der Waals surface area contributed by atoms with Gasteiger partial charge in [0.15, 0.2) is 5.82 Å². The number of anilines is 1. The highest BCUT2D eigenvalue weighted by Crippen LogP contribution is 2.30. The lowest BCUT2D eigenvalue weighted by atomic mass is 9.89. The Labute approximate surface area is 173 Å². The summed E-state index contributed by atoms with van der Waals surface area (Å²) in [5, 5.41) is 7.97. The molecule has 0 unspecified atom stereocenters. The summed E-state index contributed by atoms with van der Waals surface area (Å²) in [4.78, 5) is 29.8. The number of aromatic nitrogens is 4. The minimum atomic E-state index is -0.227. The summed E-state index contributed by atoms with van der Waals surface area (Å²) in [6, 6.07) is 6.88. The maximum absolute atomic E-state index is 12.7. The Balaban J connectivity index is 1.65. The van der Waals surface area contributed by atoms with Crippen LogP contribution >= 0.6 is 11.6 Å². The second kappa shape index (κ2) is 7.99. The quantitative estimate of drug-likeness (QED) is 0.704. The molecule has 3 aromatic rings. The standard InChI is InChI=1S/C21H24ClN5O2/c1-13-11-19(29)27-21(24-20(25-27)15-7-4-3-5-8-15)26(13)12-18(28)23-17-10-6-9-16(22)14(17)2/h6,9-11,15H,3-5,7-8,12H2,1-2H3,(H,23,28). The maximum Gasteiger partial charge on any atom is 0.275 e. The van der Waals surface area contributed by atoms with Crippen molar-refractivity contribution in [2.75, 3.05) is 5.32 Å². The van der Waals surface area contributed by atoms with Gasteiger partial charge in [-0.2, -0.15) is 9.50 Å². The highest BCUT2D eigenvalue weighted by molar-refractivity contribution is 6.31. The van der Waals surface area contributed by atoms with Crippen molar-refractivity contribution in [3.8, 4) is 0 Å². The first-order chi connectivity index (χ1) is 13.9. The molecule has 2 heterocycles. The van der Waals surface area contributed by atoms with Crippen LogP contribution in [0.1, 0.15) is 55.1 Å². The Morgan fingerprint density at radius 3 is 2.76 bits per heavy atom. The zero-order valence-electron chi connectivity index (χ0n) is 16.6. The van der Waals surface area contributed by atoms with E-state index >= 15 is 0 Å². The molecule has 4 rings (SSSR count). The first-order valence-corrected chi connectivity index (χ1v) is 10.3. The van der Waals surface area contributed by atoms with Crippen molar-refractivity contribution in [3.05, 3.63) is 56.7 Å². The zero-order valence-corrected chi connectivity index (χ0v) is 17.4. The molecule has 0 radical (unpaired) electrons. The van der Waals surface area contributed by atoms with Gasteiger partial charge in [-0.1, -0.05) is 36.9 Å². The Hall–Kier alpha value is -2.67. The van der Waals surface area contributed by atoms with Crippen LogP contribution in [0.5, 0.6) is 0 Å². The molecular formula is C21H24ClN5O2. The Bertz CT molecular complexity index is 1130. The van der Waals surface area contributed by atoms with Crippen molar-refractivity contribution in [1.82, 2.24) is 19.2 Å². The molecule has 0 atom stereocenters. The lowest BCUT2D eigenvalue weighted by Gasteiger charge is -2.17. The molecule has 1 aromatic carbocycles. The van der Waals surface area contributed by atoms with Crippen LogP contribution in [-0.2, 0) is 11.3 Å². The van der Waals surface area contributed by atoms with E-state index in [0.29, 0.717) is 28.0 Å². The van der Waals surface area contributed by atoms with E-state index in [1.54, 1.807) is 23.6 Å². The van der Waals surface area contributed by atoms with Gasteiger partial charge in [0.1, 0.15) is 6.54 Å². The number of carbonyl (C=O) groups is 1. The number of hydrogen-bond donors (Lipinski definition) is 1. The predicted octanol–water partition coefficient (Wildman–Crippen LogP) is 3.85. The van der Waals surface area contributed by atoms with Gasteiger partial charge in [-0.15, -0.1) is 5.10 Å². The van der Waals surface area contributed by atoms with Gasteiger partial charge in [0.05, 0.1) is 0 Å². The van der Waals surface area contributed by atoms with Gasteiger partial charge >= 0.3 is 0 Å². The van der Waals surface area contributed by atoms with Gasteiger partial charge in [-0.3, -0.25) is 9.59 Å². The first kappa shape index (κ1) is 19.6. The van der Waals surface area contributed by atoms with Crippen LogP contribution < -0.4 is 10.9 Å². The number of benzene rings is 1. The minimum Gasteiger partial charge on any atom is -0.324 e. The van der Waals surface area contributed by atoms with Gasteiger partial charge in [0.2, 0.25) is 11.7 Å². The predicted molar refractivity (Wildman–Crippen MR) is 113 cm³/mol. The number of fused-ring (bicyclic) bond motifs is 1. The molecule has 29 heavy (non-hydrogen) atoms. The summed E-state index contributed by atoms with van der Waals surface area (Å²) in [6.45, 7) is 3.69. The van der Waals surface area contributed by atoms with Crippen LogP contribution in [0.3, 0.4) is 0 Å². The van der Waals surface area contributed by atoms with E-state index in [9.17, 15) is 9.59 Å². The lowest BCUT2D eigenvalue weighted by Crippen LogP contribution is -2.25. The SMILES string of the molecule is Cc1c(Cl)cccc1NC(=O)Cn1c(C)cc(=O)n2nc(C3CCCCC3)nc12. The van der Waals surface area contributed by atoms with E-state index < -0.39 is 0 Å². The van der Waals surface area contributed by atoms with Crippen molar-refractivity contribution >= 4 is 29.0 Å². The molecule has 7 nitrogen and oxygen atoms in total. The number of amides is 1. The van der Waals surface area contributed by atoms with Gasteiger partial charge in [0, 0.05) is 28.4 Å². The number of rotatable bonds is 4. The van der Waals surface area contributed by atoms with Crippen LogP contribution in [0.25, 0.3) is 5.78 Å². The molecule has 0 saturated heterocycles. The summed E-state index contributed by atoms with van der Waals surface area (Å²) < 4.78 is 3.05. The minimum absolute atomic E-state index is 0.0321. The number of carbonyl (C=O) groups excluding carboxylic acids is 1. The van der Waals surface area contributed by atoms with E-state index in [4.69, 9.17) is 11.6 Å². The summed E-state index contributed by atoms with van der Waals surface area (Å²) in [7, 11) is 0. The molecule has 1 aliphatic rings. The molecular weight excluding hydrogens is 390 g/mol. The summed E-state index contributed by atoms with van der Waals surface area (Å²) in [6.07, 6.45) is 5.63. The third kappa shape index (κ3) is 3.92. The third-order valence-electron chi connectivity index (χ3n) is 5.63. The Morgan fingerprint density at radius 2 is 2.00 bits per heavy atom. The molecule has 152 valence electrons. The van der Waals surface area contributed by atoms with E-state index in [2.05, 4.69) is 15.4 Å². The van der Waals surface area contributed by atoms with E-state index in [0.717, 1.165) is 31.2 Å². The largest absolute Gasteiger partial charge is 0.324 e. The number of hydrogen-bond acceptors (Lipinski definition) is 4. The average Bonchev–Trinajstić information content (AvgIpc) is 3.15. The van der Waals surface area contributed by atoms with Crippen LogP contribution in [-0.4, -0.2) is 25.1 Å². The molecule has 2 aromatic heterocycles. The van der Waals surface area contributed by atoms with Gasteiger partial charge in [-0.25, -0.2) is 0 Å². The second-order valence-electron chi connectivity index (χ2n) is 7.69. The molecule has 0 bridgehead atoms. The fourth-order valence-electron chi connectivity index (χ4n) is 3.92. The summed E-state index contributed by atoms with van der Waals surface area (Å²) in [5.74, 6) is 1.17. The molecule has 1 fully saturated rings. The lowest BCUT2D eigenvalue weighted by molar-refractivity contribution is -0.116. The van der Waals surface area contributed by atoms with Crippen molar-refractivity contribution in [2.45, 2.75) is 58.4 Å². The van der Waals surface area contributed by atoms with Crippen molar-refractivity contribution in [3.63, 3.8) is 0 Å². The topological polar surface area (TPSA) is 81.3 Å². The normalized spacial score (nSPS) is 15.0. The summed E-state index contributed by atoms with van der Waals surface area (Å²) in [5.41, 5.74) is 1.92. The van der Waals surface area contributed by atoms with Crippen LogP contribution in [0.4, 0.5) is 5.69 Å². The van der Waals surface area contributed by atoms with Crippen LogP contribution in [0.15, 0.2) is 29.1 Å². The molecule has 1 N–H and O–H groups in total. The Kier molecular flexibility index (Phi) is 5.41. The average molecular weight is 414 g/mol. The number of aryl methyl sites for hydroxylation is 1. The van der Waals surface area contributed by atoms with Crippen molar-refractivity contribution in [1.29, 1.82) is 0 Å². The van der Waals surface area contributed by atoms with Crippen LogP contribution in [0, 0.1) is 13.8 Å². The number of halogens is 1. The fourth-order valence-corrected chi connectivity index (χ4v) is 4.10. The maximum atomic E-state index is 12.7. The van der Waals surface area contributed by atoms with Gasteiger partial charge in [-0.05, 0) is 44.4 Å². The first-order valence-electron chi connectivity index (χ1n) is 9.96. The third-order valence-corrected chi connectivity index (χ3v) is 6.04. The number of nitrogens with one attached hydrogen (secondary N) is 1. The van der Waals surface area contributed by atoms with Crippen LogP contribution in [0.2, 0.25) is 5.02 Å². The molecule has 1 aliphatic carbocycles. The van der Waals surface area contributed by atoms with E-state index in [1.165, 1.54) is 17.0 Å². The Morgan fingerprint density at radius 1 is 1.24 bits per heavy atom. The molecule has 1 amide bonds. The zero-order chi connectivity index (χ0) is 20.5. The highest BCUT2D eigenvalue weighted by Gasteiger charge is 2.22. The second-order valence-corrected chi connectivity index (χ2v) is 8.09. The molecule has 8 heteroatoms. The van der Waals surface area contributed by atoms with Crippen molar-refractivity contribution < 1.29 is 4.79 Å². The molecule has 1 saturated carbocycles. The van der Waals surface area contributed by atoms with Gasteiger partial charge < -0.3 is 9.88 Å². The van der Waals surface area contributed by atoms with E-state index in [1.807, 2.05) is 13.0 Å². The molecule has 0 aliphatic heterocycles. The highest BCUT2D eigenvalue weighted by atomic mass is 35.5. The molecule has 0 spiro atoms. The number of nitrogens with zero attached hydrogens (tertiary/aromatic N) is 4. The fraction of sp³-hybridized carbons (Fsp3) is 0.429.